The van der Waals surface area contributed by atoms with Crippen molar-refractivity contribution in [2.24, 2.45) is 5.92 Å². The van der Waals surface area contributed by atoms with Crippen LogP contribution in [0.3, 0.4) is 0 Å². The highest BCUT2D eigenvalue weighted by Gasteiger charge is 2.25. The quantitative estimate of drug-likeness (QED) is 0.695. The minimum absolute atomic E-state index is 0.187. The second-order valence-corrected chi connectivity index (χ2v) is 9.01. The molecular weight excluding hydrogens is 376 g/mol. The van der Waals surface area contributed by atoms with Crippen molar-refractivity contribution in [2.45, 2.75) is 26.3 Å². The van der Waals surface area contributed by atoms with Gasteiger partial charge >= 0.3 is 0 Å². The number of hydrogen-bond donors (Lipinski definition) is 1. The number of methoxy groups -OCH3 is 1. The van der Waals surface area contributed by atoms with Crippen molar-refractivity contribution >= 4 is 21.6 Å². The van der Waals surface area contributed by atoms with E-state index in [4.69, 9.17) is 4.74 Å². The highest BCUT2D eigenvalue weighted by Crippen LogP contribution is 2.29. The smallest absolute Gasteiger partial charge is 0.241 e. The molecule has 28 heavy (non-hydrogen) atoms. The van der Waals surface area contributed by atoms with E-state index in [0.29, 0.717) is 17.4 Å². The third-order valence-corrected chi connectivity index (χ3v) is 5.41. The van der Waals surface area contributed by atoms with Crippen LogP contribution in [0.4, 0.5) is 5.69 Å². The Bertz CT molecular complexity index is 882. The van der Waals surface area contributed by atoms with Gasteiger partial charge in [-0.15, -0.1) is 0 Å². The van der Waals surface area contributed by atoms with E-state index < -0.39 is 10.0 Å². The molecule has 1 N–H and O–H groups in total. The van der Waals surface area contributed by atoms with E-state index in [1.54, 1.807) is 24.3 Å². The molecule has 2 rings (SSSR count). The molecule has 0 aliphatic heterocycles. The van der Waals surface area contributed by atoms with Gasteiger partial charge in [0.25, 0.3) is 0 Å². The number of carbonyl (C=O) groups excluding carboxylic acids is 1. The van der Waals surface area contributed by atoms with Crippen molar-refractivity contribution in [2.75, 3.05) is 24.2 Å². The van der Waals surface area contributed by atoms with Crippen molar-refractivity contribution in [3.05, 3.63) is 60.2 Å². The SMILES string of the molecule is COc1ccccc1N(CC(=O)N[C@@H](CC(C)C)c1ccccc1)S(C)(=O)=O. The number of anilines is 1. The predicted molar refractivity (Wildman–Crippen MR) is 112 cm³/mol. The topological polar surface area (TPSA) is 75.7 Å². The van der Waals surface area contributed by atoms with Crippen molar-refractivity contribution in [3.8, 4) is 5.75 Å². The molecule has 0 aliphatic carbocycles. The molecule has 7 heteroatoms. The molecule has 152 valence electrons. The van der Waals surface area contributed by atoms with Crippen molar-refractivity contribution in [3.63, 3.8) is 0 Å². The Kier molecular flexibility index (Phi) is 7.45. The first-order valence-corrected chi connectivity index (χ1v) is 11.0. The van der Waals surface area contributed by atoms with Gasteiger partial charge in [-0.25, -0.2) is 8.42 Å². The number of benzene rings is 2. The average molecular weight is 405 g/mol. The van der Waals surface area contributed by atoms with Gasteiger partial charge < -0.3 is 10.1 Å². The fraction of sp³-hybridized carbons (Fsp3) is 0.381. The van der Waals surface area contributed by atoms with Crippen molar-refractivity contribution < 1.29 is 17.9 Å². The summed E-state index contributed by atoms with van der Waals surface area (Å²) in [5.41, 5.74) is 1.33. The number of amides is 1. The molecular formula is C21H28N2O4S. The number of sulfonamides is 1. The molecule has 0 saturated heterocycles. The monoisotopic (exact) mass is 404 g/mol. The summed E-state index contributed by atoms with van der Waals surface area (Å²) in [5, 5.41) is 2.99. The summed E-state index contributed by atoms with van der Waals surface area (Å²) in [6, 6.07) is 16.2. The third kappa shape index (κ3) is 5.99. The van der Waals surface area contributed by atoms with Crippen LogP contribution in [0.5, 0.6) is 5.75 Å². The molecule has 1 atom stereocenters. The maximum Gasteiger partial charge on any atom is 0.241 e. The van der Waals surface area contributed by atoms with Crippen LogP contribution in [-0.2, 0) is 14.8 Å². The predicted octanol–water partition coefficient (Wildman–Crippen LogP) is 3.36. The van der Waals surface area contributed by atoms with Crippen LogP contribution in [0, 0.1) is 5.92 Å². The van der Waals surface area contributed by atoms with E-state index in [1.807, 2.05) is 30.3 Å². The van der Waals surface area contributed by atoms with Crippen LogP contribution in [0.1, 0.15) is 31.9 Å². The minimum atomic E-state index is -3.68. The van der Waals surface area contributed by atoms with Crippen LogP contribution in [0.15, 0.2) is 54.6 Å². The molecule has 0 heterocycles. The largest absolute Gasteiger partial charge is 0.495 e. The van der Waals surface area contributed by atoms with Gasteiger partial charge in [-0.3, -0.25) is 9.10 Å². The van der Waals surface area contributed by atoms with Gasteiger partial charge in [0.1, 0.15) is 12.3 Å². The fourth-order valence-corrected chi connectivity index (χ4v) is 3.88. The summed E-state index contributed by atoms with van der Waals surface area (Å²) in [6.07, 6.45) is 1.83. The van der Waals surface area contributed by atoms with Crippen molar-refractivity contribution in [1.29, 1.82) is 0 Å². The van der Waals surface area contributed by atoms with E-state index in [9.17, 15) is 13.2 Å². The van der Waals surface area contributed by atoms with E-state index in [-0.39, 0.29) is 18.5 Å². The van der Waals surface area contributed by atoms with Crippen molar-refractivity contribution in [1.82, 2.24) is 5.32 Å². The Morgan fingerprint density at radius 2 is 1.68 bits per heavy atom. The molecule has 6 nitrogen and oxygen atoms in total. The molecule has 0 spiro atoms. The summed E-state index contributed by atoms with van der Waals surface area (Å²) < 4.78 is 31.1. The average Bonchev–Trinajstić information content (AvgIpc) is 2.65. The lowest BCUT2D eigenvalue weighted by atomic mass is 9.97. The second-order valence-electron chi connectivity index (χ2n) is 7.10. The molecule has 0 fully saturated rings. The Morgan fingerprint density at radius 1 is 1.07 bits per heavy atom. The Labute approximate surface area is 167 Å². The van der Waals surface area contributed by atoms with Gasteiger partial charge in [0.15, 0.2) is 0 Å². The second kappa shape index (κ2) is 9.59. The molecule has 0 aromatic heterocycles. The van der Waals surface area contributed by atoms with Crippen LogP contribution >= 0.6 is 0 Å². The molecule has 0 unspecified atom stereocenters. The number of ether oxygens (including phenoxy) is 1. The Morgan fingerprint density at radius 3 is 2.25 bits per heavy atom. The molecule has 1 amide bonds. The molecule has 2 aromatic carbocycles. The van der Waals surface area contributed by atoms with Gasteiger partial charge in [0, 0.05) is 0 Å². The summed E-state index contributed by atoms with van der Waals surface area (Å²) in [6.45, 7) is 3.85. The van der Waals surface area contributed by atoms with E-state index >= 15 is 0 Å². The number of nitrogens with zero attached hydrogens (tertiary/aromatic N) is 1. The van der Waals surface area contributed by atoms with Gasteiger partial charge in [-0.1, -0.05) is 56.3 Å². The zero-order valence-electron chi connectivity index (χ0n) is 16.8. The number of para-hydroxylation sites is 2. The minimum Gasteiger partial charge on any atom is -0.495 e. The number of hydrogen-bond acceptors (Lipinski definition) is 4. The molecule has 2 aromatic rings. The Balaban J connectivity index is 2.25. The van der Waals surface area contributed by atoms with Crippen LogP contribution in [-0.4, -0.2) is 34.2 Å². The molecule has 0 aliphatic rings. The highest BCUT2D eigenvalue weighted by molar-refractivity contribution is 7.92. The summed E-state index contributed by atoms with van der Waals surface area (Å²) in [5.74, 6) is 0.388. The Hall–Kier alpha value is -2.54. The fourth-order valence-electron chi connectivity index (χ4n) is 3.02. The summed E-state index contributed by atoms with van der Waals surface area (Å²) in [4.78, 5) is 12.8. The normalized spacial score (nSPS) is 12.5. The zero-order chi connectivity index (χ0) is 20.7. The first kappa shape index (κ1) is 21.8. The van der Waals surface area contributed by atoms with Gasteiger partial charge in [-0.05, 0) is 30.0 Å². The van der Waals surface area contributed by atoms with E-state index in [1.165, 1.54) is 7.11 Å². The number of carbonyl (C=O) groups is 1. The van der Waals surface area contributed by atoms with Gasteiger partial charge in [0.05, 0.1) is 25.1 Å². The maximum absolute atomic E-state index is 12.8. The lowest BCUT2D eigenvalue weighted by Crippen LogP contribution is -2.42. The molecule has 0 radical (unpaired) electrons. The van der Waals surface area contributed by atoms with Crippen LogP contribution in [0.2, 0.25) is 0 Å². The molecule has 0 bridgehead atoms. The lowest BCUT2D eigenvalue weighted by molar-refractivity contribution is -0.120. The van der Waals surface area contributed by atoms with E-state index in [0.717, 1.165) is 22.5 Å². The first-order valence-electron chi connectivity index (χ1n) is 9.17. The number of nitrogens with one attached hydrogen (secondary N) is 1. The van der Waals surface area contributed by atoms with Crippen LogP contribution < -0.4 is 14.4 Å². The summed E-state index contributed by atoms with van der Waals surface area (Å²) >= 11 is 0. The van der Waals surface area contributed by atoms with E-state index in [2.05, 4.69) is 19.2 Å². The zero-order valence-corrected chi connectivity index (χ0v) is 17.6. The first-order chi connectivity index (χ1) is 13.2. The standard InChI is InChI=1S/C21H28N2O4S/c1-16(2)14-18(17-10-6-5-7-11-17)22-21(24)15-23(28(4,25)26)19-12-8-9-13-20(19)27-3/h5-13,16,18H,14-15H2,1-4H3,(H,22,24)/t18-/m0/s1. The lowest BCUT2D eigenvalue weighted by Gasteiger charge is -2.26. The van der Waals surface area contributed by atoms with Crippen LogP contribution in [0.25, 0.3) is 0 Å². The summed E-state index contributed by atoms with van der Waals surface area (Å²) in [7, 11) is -2.21. The molecule has 0 saturated carbocycles. The maximum atomic E-state index is 12.8. The van der Waals surface area contributed by atoms with Gasteiger partial charge in [-0.2, -0.15) is 0 Å². The number of rotatable bonds is 9. The van der Waals surface area contributed by atoms with Gasteiger partial charge in [0.2, 0.25) is 15.9 Å². The third-order valence-electron chi connectivity index (χ3n) is 4.29. The highest BCUT2D eigenvalue weighted by atomic mass is 32.2.